The highest BCUT2D eigenvalue weighted by Crippen LogP contribution is 2.34. The molecule has 1 aliphatic rings. The Labute approximate surface area is 148 Å². The highest BCUT2D eigenvalue weighted by molar-refractivity contribution is 7.90. The Morgan fingerprint density at radius 1 is 1.16 bits per heavy atom. The van der Waals surface area contributed by atoms with Gasteiger partial charge in [-0.25, -0.2) is 8.42 Å². The average molecular weight is 358 g/mol. The molecule has 0 saturated heterocycles. The molecule has 2 aromatic rings. The first-order valence-electron chi connectivity index (χ1n) is 8.13. The van der Waals surface area contributed by atoms with Gasteiger partial charge < -0.3 is 10.2 Å². The van der Waals surface area contributed by atoms with Crippen LogP contribution in [-0.4, -0.2) is 39.1 Å². The third kappa shape index (κ3) is 3.91. The largest absolute Gasteiger partial charge is 0.326 e. The zero-order valence-electron chi connectivity index (χ0n) is 14.6. The molecule has 0 aliphatic carbocycles. The van der Waals surface area contributed by atoms with Gasteiger partial charge in [0, 0.05) is 37.9 Å². The fourth-order valence-corrected chi connectivity index (χ4v) is 3.98. The van der Waals surface area contributed by atoms with Crippen LogP contribution in [0.4, 0.5) is 5.69 Å². The van der Waals surface area contributed by atoms with Gasteiger partial charge in [-0.2, -0.15) is 0 Å². The summed E-state index contributed by atoms with van der Waals surface area (Å²) in [6, 6.07) is 13.2. The predicted molar refractivity (Wildman–Crippen MR) is 98.5 cm³/mol. The van der Waals surface area contributed by atoms with E-state index in [0.29, 0.717) is 4.90 Å². The highest BCUT2D eigenvalue weighted by atomic mass is 32.2. The van der Waals surface area contributed by atoms with Crippen LogP contribution in [0.3, 0.4) is 0 Å². The Morgan fingerprint density at radius 3 is 2.44 bits per heavy atom. The number of benzene rings is 2. The van der Waals surface area contributed by atoms with Gasteiger partial charge >= 0.3 is 0 Å². The summed E-state index contributed by atoms with van der Waals surface area (Å²) in [7, 11) is -1.18. The molecule has 25 heavy (non-hydrogen) atoms. The molecule has 3 rings (SSSR count). The number of rotatable bonds is 3. The first-order chi connectivity index (χ1) is 11.7. The van der Waals surface area contributed by atoms with E-state index >= 15 is 0 Å². The molecule has 0 spiro atoms. The number of hydrogen-bond acceptors (Lipinski definition) is 4. The van der Waals surface area contributed by atoms with Crippen LogP contribution < -0.4 is 5.32 Å². The van der Waals surface area contributed by atoms with Crippen molar-refractivity contribution >= 4 is 21.4 Å². The molecule has 1 N–H and O–H groups in total. The molecule has 0 saturated carbocycles. The van der Waals surface area contributed by atoms with Crippen molar-refractivity contribution in [1.29, 1.82) is 0 Å². The second kappa shape index (κ2) is 6.61. The van der Waals surface area contributed by atoms with Crippen LogP contribution in [0.5, 0.6) is 0 Å². The lowest BCUT2D eigenvalue weighted by atomic mass is 9.85. The van der Waals surface area contributed by atoms with Crippen molar-refractivity contribution in [3.63, 3.8) is 0 Å². The van der Waals surface area contributed by atoms with Gasteiger partial charge in [0.05, 0.1) is 4.90 Å². The summed E-state index contributed by atoms with van der Waals surface area (Å²) in [4.78, 5) is 13.8. The molecule has 0 radical (unpaired) electrons. The third-order valence-corrected chi connectivity index (χ3v) is 5.60. The van der Waals surface area contributed by atoms with Crippen LogP contribution in [0.25, 0.3) is 0 Å². The number of hydrogen-bond donors (Lipinski definition) is 1. The smallest absolute Gasteiger partial charge is 0.221 e. The first-order valence-corrected chi connectivity index (χ1v) is 10.0. The average Bonchev–Trinajstić information content (AvgIpc) is 2.53. The maximum absolute atomic E-state index is 11.9. The molecule has 1 unspecified atom stereocenters. The Morgan fingerprint density at radius 2 is 1.84 bits per heavy atom. The number of amides is 1. The van der Waals surface area contributed by atoms with Crippen molar-refractivity contribution in [3.8, 4) is 0 Å². The van der Waals surface area contributed by atoms with Gasteiger partial charge in [-0.05, 0) is 48.0 Å². The van der Waals surface area contributed by atoms with Crippen molar-refractivity contribution < 1.29 is 13.2 Å². The minimum Gasteiger partial charge on any atom is -0.326 e. The molecular weight excluding hydrogens is 336 g/mol. The van der Waals surface area contributed by atoms with Gasteiger partial charge in [-0.15, -0.1) is 0 Å². The van der Waals surface area contributed by atoms with E-state index < -0.39 is 9.84 Å². The number of nitrogens with zero attached hydrogens (tertiary/aromatic N) is 1. The van der Waals surface area contributed by atoms with Crippen molar-refractivity contribution in [2.24, 2.45) is 0 Å². The maximum atomic E-state index is 11.9. The molecule has 1 aliphatic heterocycles. The minimum atomic E-state index is -3.24. The fourth-order valence-electron chi connectivity index (χ4n) is 3.32. The molecule has 0 fully saturated rings. The van der Waals surface area contributed by atoms with Gasteiger partial charge in [0.1, 0.15) is 0 Å². The van der Waals surface area contributed by atoms with E-state index in [1.54, 1.807) is 6.07 Å². The number of fused-ring (bicyclic) bond motifs is 1. The van der Waals surface area contributed by atoms with Crippen molar-refractivity contribution in [1.82, 2.24) is 4.90 Å². The van der Waals surface area contributed by atoms with Crippen molar-refractivity contribution in [2.45, 2.75) is 24.3 Å². The molecule has 1 amide bonds. The summed E-state index contributed by atoms with van der Waals surface area (Å²) in [6.45, 7) is 3.10. The topological polar surface area (TPSA) is 66.5 Å². The molecule has 0 aromatic heterocycles. The summed E-state index contributed by atoms with van der Waals surface area (Å²) in [6.07, 6.45) is 1.24. The summed E-state index contributed by atoms with van der Waals surface area (Å²) in [5.41, 5.74) is 4.07. The molecule has 0 bridgehead atoms. The summed E-state index contributed by atoms with van der Waals surface area (Å²) in [5, 5.41) is 2.76. The van der Waals surface area contributed by atoms with Crippen molar-refractivity contribution in [3.05, 3.63) is 59.2 Å². The summed E-state index contributed by atoms with van der Waals surface area (Å²) >= 11 is 0. The van der Waals surface area contributed by atoms with E-state index in [2.05, 4.69) is 17.3 Å². The van der Waals surface area contributed by atoms with Crippen molar-refractivity contribution in [2.75, 3.05) is 25.2 Å². The Bertz CT molecular complexity index is 905. The number of likely N-dealkylation sites (N-methyl/N-ethyl adjacent to an activating group) is 1. The number of sulfone groups is 1. The summed E-state index contributed by atoms with van der Waals surface area (Å²) in [5.74, 6) is -0.00452. The lowest BCUT2D eigenvalue weighted by molar-refractivity contribution is -0.114. The van der Waals surface area contributed by atoms with E-state index in [9.17, 15) is 13.2 Å². The number of carbonyl (C=O) groups is 1. The van der Waals surface area contributed by atoms with Crippen LogP contribution in [0, 0.1) is 0 Å². The lowest BCUT2D eigenvalue weighted by Gasteiger charge is -2.33. The zero-order valence-corrected chi connectivity index (χ0v) is 15.4. The number of carbonyl (C=O) groups excluding carboxylic acids is 1. The molecule has 2 aromatic carbocycles. The fraction of sp³-hybridized carbons (Fsp3) is 0.316. The lowest BCUT2D eigenvalue weighted by Crippen LogP contribution is -2.31. The van der Waals surface area contributed by atoms with Crippen LogP contribution in [0.15, 0.2) is 47.4 Å². The van der Waals surface area contributed by atoms with Gasteiger partial charge in [0.15, 0.2) is 9.84 Å². The van der Waals surface area contributed by atoms with Crippen LogP contribution in [-0.2, 0) is 21.2 Å². The molecule has 1 heterocycles. The second-order valence-corrected chi connectivity index (χ2v) is 8.70. The molecule has 1 atom stereocenters. The van der Waals surface area contributed by atoms with Crippen LogP contribution >= 0.6 is 0 Å². The van der Waals surface area contributed by atoms with Gasteiger partial charge in [0.2, 0.25) is 5.91 Å². The quantitative estimate of drug-likeness (QED) is 0.916. The van der Waals surface area contributed by atoms with Crippen LogP contribution in [0.2, 0.25) is 0 Å². The molecular formula is C19H22N2O3S. The zero-order chi connectivity index (χ0) is 18.2. The maximum Gasteiger partial charge on any atom is 0.221 e. The third-order valence-electron chi connectivity index (χ3n) is 4.49. The van der Waals surface area contributed by atoms with E-state index in [-0.39, 0.29) is 11.8 Å². The first kappa shape index (κ1) is 17.6. The SMILES string of the molecule is CC(=O)Nc1ccc(C2CN(C)Cc3ccc(S(C)(=O)=O)cc32)cc1. The van der Waals surface area contributed by atoms with Gasteiger partial charge in [-0.3, -0.25) is 4.79 Å². The van der Waals surface area contributed by atoms with Gasteiger partial charge in [0.25, 0.3) is 0 Å². The molecule has 6 heteroatoms. The summed E-state index contributed by atoms with van der Waals surface area (Å²) < 4.78 is 23.8. The second-order valence-electron chi connectivity index (χ2n) is 6.69. The van der Waals surface area contributed by atoms with E-state index in [1.807, 2.05) is 36.4 Å². The normalized spacial score (nSPS) is 17.8. The molecule has 5 nitrogen and oxygen atoms in total. The minimum absolute atomic E-state index is 0.0989. The standard InChI is InChI=1S/C19H22N2O3S/c1-13(22)20-16-7-4-14(5-8-16)19-12-21(2)11-15-6-9-17(10-18(15)19)25(3,23)24/h4-10,19H,11-12H2,1-3H3,(H,20,22). The van der Waals surface area contributed by atoms with E-state index in [1.165, 1.54) is 13.2 Å². The molecule has 132 valence electrons. The van der Waals surface area contributed by atoms with E-state index in [4.69, 9.17) is 0 Å². The van der Waals surface area contributed by atoms with Gasteiger partial charge in [-0.1, -0.05) is 18.2 Å². The number of nitrogens with one attached hydrogen (secondary N) is 1. The van der Waals surface area contributed by atoms with Crippen LogP contribution in [0.1, 0.15) is 29.5 Å². The monoisotopic (exact) mass is 358 g/mol. The Balaban J connectivity index is 2.01. The highest BCUT2D eigenvalue weighted by Gasteiger charge is 2.26. The predicted octanol–water partition coefficient (Wildman–Crippen LogP) is 2.63. The Kier molecular flexibility index (Phi) is 4.67. The Hall–Kier alpha value is -2.18. The van der Waals surface area contributed by atoms with E-state index in [0.717, 1.165) is 35.5 Å². The number of anilines is 1.